The van der Waals surface area contributed by atoms with Gasteiger partial charge in [-0.25, -0.2) is 0 Å². The predicted octanol–water partition coefficient (Wildman–Crippen LogP) is 8.89. The fourth-order valence-corrected chi connectivity index (χ4v) is 9.11. The third-order valence-electron chi connectivity index (χ3n) is 10.4. The molecule has 0 spiro atoms. The van der Waals surface area contributed by atoms with Crippen molar-refractivity contribution < 1.29 is 5.11 Å². The topological polar surface area (TPSA) is 20.2 Å². The van der Waals surface area contributed by atoms with Gasteiger partial charge in [-0.2, -0.15) is 0 Å². The quantitative estimate of drug-likeness (QED) is 0.440. The van der Waals surface area contributed by atoms with E-state index >= 15 is 0 Å². The second-order valence-corrected chi connectivity index (χ2v) is 11.2. The van der Waals surface area contributed by atoms with Crippen LogP contribution >= 0.6 is 0 Å². The summed E-state index contributed by atoms with van der Waals surface area (Å²) in [5.74, 6) is 6.06. The van der Waals surface area contributed by atoms with Gasteiger partial charge in [-0.3, -0.25) is 0 Å². The van der Waals surface area contributed by atoms with Crippen molar-refractivity contribution in [1.29, 1.82) is 0 Å². The summed E-state index contributed by atoms with van der Waals surface area (Å²) in [5, 5.41) is 9.19. The molecule has 1 N–H and O–H groups in total. The lowest BCUT2D eigenvalue weighted by atomic mass is 9.42. The third kappa shape index (κ3) is 4.67. The molecule has 0 aromatic rings. The van der Waals surface area contributed by atoms with Crippen LogP contribution in [0.1, 0.15) is 132 Å². The van der Waals surface area contributed by atoms with Gasteiger partial charge in [-0.15, -0.1) is 0 Å². The predicted molar refractivity (Wildman–Crippen MR) is 133 cm³/mol. The van der Waals surface area contributed by atoms with Gasteiger partial charge in [0.1, 0.15) is 0 Å². The number of hydrogen-bond acceptors (Lipinski definition) is 1. The molecule has 4 rings (SSSR count). The van der Waals surface area contributed by atoms with Gasteiger partial charge < -0.3 is 5.11 Å². The molecule has 1 heteroatoms. The minimum absolute atomic E-state index is 0.384. The molecule has 1 nitrogen and oxygen atoms in total. The lowest BCUT2D eigenvalue weighted by molar-refractivity contribution is -0.135. The molecule has 4 aliphatic rings. The van der Waals surface area contributed by atoms with Gasteiger partial charge in [0.25, 0.3) is 0 Å². The van der Waals surface area contributed by atoms with Crippen molar-refractivity contribution >= 4 is 0 Å². The van der Waals surface area contributed by atoms with Crippen LogP contribution in [0.3, 0.4) is 0 Å². The maximum Gasteiger partial charge on any atom is 0.0431 e. The Morgan fingerprint density at radius 2 is 1.47 bits per heavy atom. The minimum atomic E-state index is 0.384. The highest BCUT2D eigenvalue weighted by Gasteiger charge is 2.60. The molecule has 0 saturated heterocycles. The fourth-order valence-electron chi connectivity index (χ4n) is 9.11. The summed E-state index contributed by atoms with van der Waals surface area (Å²) in [5.41, 5.74) is 1.28. The zero-order valence-corrected chi connectivity index (χ0v) is 21.8. The van der Waals surface area contributed by atoms with Crippen LogP contribution in [-0.2, 0) is 0 Å². The highest BCUT2D eigenvalue weighted by molar-refractivity contribution is 5.10. The Morgan fingerprint density at radius 1 is 0.767 bits per heavy atom. The molecule has 0 heterocycles. The number of hydrogen-bond donors (Lipinski definition) is 1. The molecule has 30 heavy (non-hydrogen) atoms. The summed E-state index contributed by atoms with van der Waals surface area (Å²) in [6, 6.07) is 0. The van der Waals surface area contributed by atoms with E-state index in [1.165, 1.54) is 70.6 Å². The van der Waals surface area contributed by atoms with Crippen molar-refractivity contribution in [3.63, 3.8) is 0 Å². The zero-order valence-electron chi connectivity index (χ0n) is 21.8. The molecule has 6 unspecified atom stereocenters. The number of aliphatic hydroxyl groups is 1. The van der Waals surface area contributed by atoms with Crippen molar-refractivity contribution in [2.45, 2.75) is 132 Å². The molecule has 8 atom stereocenters. The number of rotatable bonds is 5. The monoisotopic (exact) mass is 420 g/mol. The van der Waals surface area contributed by atoms with Gasteiger partial charge in [0.2, 0.25) is 0 Å². The standard InChI is InChI=1S/C25H44O.2C2H6/c1-4-18-17-20-22-12-11-19(9-6-8-16-26)24(22,2)15-13-23(20)25(3)14-7-5-10-21(18)25;2*1-2/h18-23,26H,4-17H2,1-3H3;2*1-2H3/t18-,19?,20?,21?,22?,23-,24?,25?;;/m0../s1. The SMILES string of the molecule is CC.CC.CC[C@H]1CC2C3CCC(CCCCO)C3(C)CC[C@@H]2C2(C)CCCCC12. The number of unbranched alkanes of at least 4 members (excludes halogenated alkanes) is 1. The van der Waals surface area contributed by atoms with Gasteiger partial charge >= 0.3 is 0 Å². The number of aliphatic hydroxyl groups excluding tert-OH is 1. The molecule has 0 amide bonds. The van der Waals surface area contributed by atoms with Gasteiger partial charge in [0.15, 0.2) is 0 Å². The van der Waals surface area contributed by atoms with Gasteiger partial charge in [-0.05, 0) is 104 Å². The molecule has 0 radical (unpaired) electrons. The molecular weight excluding hydrogens is 364 g/mol. The van der Waals surface area contributed by atoms with E-state index in [0.29, 0.717) is 17.4 Å². The van der Waals surface area contributed by atoms with E-state index < -0.39 is 0 Å². The maximum absolute atomic E-state index is 9.19. The van der Waals surface area contributed by atoms with Crippen LogP contribution in [0.25, 0.3) is 0 Å². The van der Waals surface area contributed by atoms with Crippen LogP contribution in [-0.4, -0.2) is 11.7 Å². The Balaban J connectivity index is 0.000000757. The minimum Gasteiger partial charge on any atom is -0.396 e. The molecule has 4 fully saturated rings. The van der Waals surface area contributed by atoms with Crippen LogP contribution in [0.2, 0.25) is 0 Å². The molecule has 0 aromatic heterocycles. The Bertz CT molecular complexity index is 487. The molecular formula is C29H56O. The first-order valence-electron chi connectivity index (χ1n) is 14.2. The Labute approximate surface area is 190 Å². The van der Waals surface area contributed by atoms with Gasteiger partial charge in [-0.1, -0.05) is 74.1 Å². The highest BCUT2D eigenvalue weighted by Crippen LogP contribution is 2.69. The second-order valence-electron chi connectivity index (χ2n) is 11.2. The van der Waals surface area contributed by atoms with Gasteiger partial charge in [0, 0.05) is 6.61 Å². The van der Waals surface area contributed by atoms with Crippen LogP contribution in [0, 0.1) is 46.3 Å². The second kappa shape index (κ2) is 11.7. The summed E-state index contributed by atoms with van der Waals surface area (Å²) in [4.78, 5) is 0. The summed E-state index contributed by atoms with van der Waals surface area (Å²) >= 11 is 0. The van der Waals surface area contributed by atoms with Crippen molar-refractivity contribution in [2.75, 3.05) is 6.61 Å². The average molecular weight is 421 g/mol. The third-order valence-corrected chi connectivity index (χ3v) is 10.4. The first-order valence-corrected chi connectivity index (χ1v) is 14.2. The Kier molecular flexibility index (Phi) is 10.2. The summed E-state index contributed by atoms with van der Waals surface area (Å²) in [6.45, 7) is 16.3. The molecule has 0 bridgehead atoms. The lowest BCUT2D eigenvalue weighted by Gasteiger charge is -2.62. The van der Waals surface area contributed by atoms with Gasteiger partial charge in [0.05, 0.1) is 0 Å². The van der Waals surface area contributed by atoms with E-state index in [1.54, 1.807) is 6.42 Å². The Morgan fingerprint density at radius 3 is 2.13 bits per heavy atom. The molecule has 4 aliphatic carbocycles. The van der Waals surface area contributed by atoms with Crippen molar-refractivity contribution in [2.24, 2.45) is 46.3 Å². The smallest absolute Gasteiger partial charge is 0.0431 e. The summed E-state index contributed by atoms with van der Waals surface area (Å²) in [7, 11) is 0. The highest BCUT2D eigenvalue weighted by atomic mass is 16.2. The molecule has 0 aromatic carbocycles. The maximum atomic E-state index is 9.19. The van der Waals surface area contributed by atoms with Crippen LogP contribution in [0.4, 0.5) is 0 Å². The zero-order chi connectivity index (χ0) is 22.4. The van der Waals surface area contributed by atoms with E-state index in [2.05, 4.69) is 20.8 Å². The molecule has 4 saturated carbocycles. The van der Waals surface area contributed by atoms with Crippen LogP contribution < -0.4 is 0 Å². The normalized spacial score (nSPS) is 44.4. The van der Waals surface area contributed by atoms with E-state index in [0.717, 1.165) is 41.9 Å². The van der Waals surface area contributed by atoms with E-state index in [4.69, 9.17) is 0 Å². The first-order chi connectivity index (χ1) is 14.5. The van der Waals surface area contributed by atoms with E-state index in [-0.39, 0.29) is 0 Å². The van der Waals surface area contributed by atoms with Crippen molar-refractivity contribution in [1.82, 2.24) is 0 Å². The fraction of sp³-hybridized carbons (Fsp3) is 1.00. The van der Waals surface area contributed by atoms with Crippen molar-refractivity contribution in [3.05, 3.63) is 0 Å². The molecule has 0 aliphatic heterocycles. The molecule has 178 valence electrons. The summed E-state index contributed by atoms with van der Waals surface area (Å²) < 4.78 is 0. The van der Waals surface area contributed by atoms with E-state index in [9.17, 15) is 5.11 Å². The van der Waals surface area contributed by atoms with Crippen molar-refractivity contribution in [3.8, 4) is 0 Å². The van der Waals surface area contributed by atoms with E-state index in [1.807, 2.05) is 27.7 Å². The summed E-state index contributed by atoms with van der Waals surface area (Å²) in [6.07, 6.45) is 18.7. The van der Waals surface area contributed by atoms with Crippen LogP contribution in [0.15, 0.2) is 0 Å². The lowest BCUT2D eigenvalue weighted by Crippen LogP contribution is -2.55. The van der Waals surface area contributed by atoms with Crippen LogP contribution in [0.5, 0.6) is 0 Å². The average Bonchev–Trinajstić information content (AvgIpc) is 3.12. The Hall–Kier alpha value is -0.0400. The first kappa shape index (κ1) is 26.2. The number of fused-ring (bicyclic) bond motifs is 5. The largest absolute Gasteiger partial charge is 0.396 e.